The fraction of sp³-hybridized carbons (Fsp3) is 0.600. The summed E-state index contributed by atoms with van der Waals surface area (Å²) in [5.74, 6) is 1.60. The zero-order valence-corrected chi connectivity index (χ0v) is 18.9. The molecule has 0 spiro atoms. The van der Waals surface area contributed by atoms with Gasteiger partial charge in [0.2, 0.25) is 0 Å². The van der Waals surface area contributed by atoms with Crippen molar-refractivity contribution in [1.29, 1.82) is 0 Å². The summed E-state index contributed by atoms with van der Waals surface area (Å²) in [6, 6.07) is 8.03. The number of carbonyl (C=O) groups excluding carboxylic acids is 1. The zero-order chi connectivity index (χ0) is 18.8. The molecule has 0 aliphatic carbocycles. The van der Waals surface area contributed by atoms with Crippen LogP contribution >= 0.6 is 24.0 Å². The van der Waals surface area contributed by atoms with Gasteiger partial charge in [-0.3, -0.25) is 9.79 Å². The maximum atomic E-state index is 12.1. The molecular formula is C20H32IN3O3. The number of ether oxygens (including phenoxy) is 2. The zero-order valence-electron chi connectivity index (χ0n) is 16.6. The second-order valence-electron chi connectivity index (χ2n) is 6.33. The van der Waals surface area contributed by atoms with Gasteiger partial charge in [0.15, 0.2) is 5.96 Å². The summed E-state index contributed by atoms with van der Waals surface area (Å²) >= 11 is 0. The van der Waals surface area contributed by atoms with Crippen LogP contribution in [-0.4, -0.2) is 56.7 Å². The molecule has 1 aliphatic heterocycles. The number of nitrogens with zero attached hydrogens (tertiary/aromatic N) is 2. The number of rotatable bonds is 7. The molecule has 1 aromatic carbocycles. The Balaban J connectivity index is 0.00000364. The van der Waals surface area contributed by atoms with Gasteiger partial charge in [-0.1, -0.05) is 18.2 Å². The van der Waals surface area contributed by atoms with Crippen molar-refractivity contribution in [3.63, 3.8) is 0 Å². The Kier molecular flexibility index (Phi) is 11.2. The number of nitrogens with one attached hydrogen (secondary N) is 1. The minimum atomic E-state index is -0.0953. The third-order valence-corrected chi connectivity index (χ3v) is 4.51. The van der Waals surface area contributed by atoms with Gasteiger partial charge < -0.3 is 19.7 Å². The van der Waals surface area contributed by atoms with Crippen molar-refractivity contribution in [2.45, 2.75) is 33.1 Å². The van der Waals surface area contributed by atoms with Crippen LogP contribution in [0.3, 0.4) is 0 Å². The van der Waals surface area contributed by atoms with Crippen molar-refractivity contribution >= 4 is 35.9 Å². The first-order chi connectivity index (χ1) is 12.7. The molecule has 1 atom stereocenters. The Hall–Kier alpha value is -1.51. The Morgan fingerprint density at radius 2 is 2.11 bits per heavy atom. The molecule has 2 rings (SSSR count). The molecule has 7 heteroatoms. The van der Waals surface area contributed by atoms with Crippen LogP contribution in [0.25, 0.3) is 0 Å². The van der Waals surface area contributed by atoms with Crippen molar-refractivity contribution in [2.75, 3.05) is 39.9 Å². The Bertz CT molecular complexity index is 610. The van der Waals surface area contributed by atoms with Crippen LogP contribution in [0.4, 0.5) is 0 Å². The van der Waals surface area contributed by atoms with Gasteiger partial charge in [-0.25, -0.2) is 0 Å². The molecule has 152 valence electrons. The van der Waals surface area contributed by atoms with Crippen LogP contribution in [0.15, 0.2) is 29.3 Å². The smallest absolute Gasteiger partial charge is 0.310 e. The van der Waals surface area contributed by atoms with E-state index < -0.39 is 0 Å². The molecule has 1 unspecified atom stereocenters. The van der Waals surface area contributed by atoms with Crippen LogP contribution in [0.2, 0.25) is 0 Å². The Morgan fingerprint density at radius 1 is 1.33 bits per heavy atom. The summed E-state index contributed by atoms with van der Waals surface area (Å²) in [6.45, 7) is 7.39. The highest BCUT2D eigenvalue weighted by Gasteiger charge is 2.28. The maximum Gasteiger partial charge on any atom is 0.310 e. The monoisotopic (exact) mass is 489 g/mol. The first kappa shape index (κ1) is 23.5. The number of methoxy groups -OCH3 is 1. The lowest BCUT2D eigenvalue weighted by Crippen LogP contribution is -2.48. The summed E-state index contributed by atoms with van der Waals surface area (Å²) in [5.41, 5.74) is 1.15. The predicted molar refractivity (Wildman–Crippen MR) is 119 cm³/mol. The van der Waals surface area contributed by atoms with Gasteiger partial charge in [0, 0.05) is 26.2 Å². The third-order valence-electron chi connectivity index (χ3n) is 4.51. The number of benzene rings is 1. The number of hydrogen-bond acceptors (Lipinski definition) is 4. The minimum absolute atomic E-state index is 0. The number of carbonyl (C=O) groups is 1. The van der Waals surface area contributed by atoms with Gasteiger partial charge in [-0.05, 0) is 44.7 Å². The number of esters is 1. The first-order valence-electron chi connectivity index (χ1n) is 9.51. The quantitative estimate of drug-likeness (QED) is 0.276. The predicted octanol–water partition coefficient (Wildman–Crippen LogP) is 3.10. The molecule has 0 aromatic heterocycles. The fourth-order valence-corrected chi connectivity index (χ4v) is 3.24. The van der Waals surface area contributed by atoms with E-state index in [1.54, 1.807) is 7.11 Å². The van der Waals surface area contributed by atoms with Gasteiger partial charge in [0.25, 0.3) is 0 Å². The topological polar surface area (TPSA) is 63.2 Å². The number of aliphatic imine (C=N–C) groups is 1. The molecule has 1 aliphatic rings. The average molecular weight is 489 g/mol. The maximum absolute atomic E-state index is 12.1. The lowest BCUT2D eigenvalue weighted by Gasteiger charge is -2.34. The summed E-state index contributed by atoms with van der Waals surface area (Å²) in [4.78, 5) is 19.0. The first-order valence-corrected chi connectivity index (χ1v) is 9.51. The van der Waals surface area contributed by atoms with E-state index in [-0.39, 0.29) is 35.9 Å². The summed E-state index contributed by atoms with van der Waals surface area (Å²) in [5, 5.41) is 3.35. The van der Waals surface area contributed by atoms with Crippen LogP contribution < -0.4 is 10.1 Å². The van der Waals surface area contributed by atoms with E-state index in [9.17, 15) is 4.79 Å². The largest absolute Gasteiger partial charge is 0.496 e. The van der Waals surface area contributed by atoms with E-state index in [2.05, 4.69) is 23.2 Å². The van der Waals surface area contributed by atoms with Crippen LogP contribution in [0, 0.1) is 5.92 Å². The number of halogens is 1. The lowest BCUT2D eigenvalue weighted by molar-refractivity contribution is -0.149. The number of piperidine rings is 1. The number of para-hydroxylation sites is 1. The molecule has 0 saturated carbocycles. The van der Waals surface area contributed by atoms with Gasteiger partial charge in [0.1, 0.15) is 5.75 Å². The lowest BCUT2D eigenvalue weighted by atomic mass is 9.98. The molecule has 1 heterocycles. The SMILES string of the molecule is CCNC(=NCCc1ccccc1OC)N1CCCC(C(=O)OCC)C1.I. The highest BCUT2D eigenvalue weighted by Crippen LogP contribution is 2.19. The third kappa shape index (κ3) is 7.20. The molecule has 1 aromatic rings. The molecule has 0 amide bonds. The summed E-state index contributed by atoms with van der Waals surface area (Å²) in [7, 11) is 1.69. The highest BCUT2D eigenvalue weighted by molar-refractivity contribution is 14.0. The molecular weight excluding hydrogens is 457 g/mol. The Labute approximate surface area is 179 Å². The van der Waals surface area contributed by atoms with E-state index in [0.717, 1.165) is 49.6 Å². The van der Waals surface area contributed by atoms with Gasteiger partial charge in [0.05, 0.1) is 19.6 Å². The second-order valence-corrected chi connectivity index (χ2v) is 6.33. The van der Waals surface area contributed by atoms with E-state index in [1.165, 1.54) is 0 Å². The molecule has 0 radical (unpaired) electrons. The number of guanidine groups is 1. The van der Waals surface area contributed by atoms with Gasteiger partial charge in [-0.2, -0.15) is 0 Å². The molecule has 1 fully saturated rings. The second kappa shape index (κ2) is 12.8. The normalized spacial score (nSPS) is 17.1. The summed E-state index contributed by atoms with van der Waals surface area (Å²) < 4.78 is 10.6. The van der Waals surface area contributed by atoms with Crippen molar-refractivity contribution in [2.24, 2.45) is 10.9 Å². The van der Waals surface area contributed by atoms with Crippen molar-refractivity contribution in [3.8, 4) is 5.75 Å². The molecule has 0 bridgehead atoms. The molecule has 1 N–H and O–H groups in total. The van der Waals surface area contributed by atoms with Crippen LogP contribution in [0.1, 0.15) is 32.3 Å². The van der Waals surface area contributed by atoms with Crippen molar-refractivity contribution in [1.82, 2.24) is 10.2 Å². The number of likely N-dealkylation sites (tertiary alicyclic amines) is 1. The standard InChI is InChI=1S/C20H31N3O3.HI/c1-4-21-20(22-13-12-16-9-6-7-11-18(16)25-3)23-14-8-10-17(15-23)19(24)26-5-2;/h6-7,9,11,17H,4-5,8,10,12-15H2,1-3H3,(H,21,22);1H. The highest BCUT2D eigenvalue weighted by atomic mass is 127. The van der Waals surface area contributed by atoms with Crippen molar-refractivity contribution in [3.05, 3.63) is 29.8 Å². The summed E-state index contributed by atoms with van der Waals surface area (Å²) in [6.07, 6.45) is 2.67. The molecule has 1 saturated heterocycles. The number of hydrogen-bond donors (Lipinski definition) is 1. The molecule has 27 heavy (non-hydrogen) atoms. The van der Waals surface area contributed by atoms with E-state index in [0.29, 0.717) is 19.7 Å². The minimum Gasteiger partial charge on any atom is -0.496 e. The van der Waals surface area contributed by atoms with Gasteiger partial charge >= 0.3 is 5.97 Å². The van der Waals surface area contributed by atoms with Crippen LogP contribution in [0.5, 0.6) is 5.75 Å². The van der Waals surface area contributed by atoms with Crippen LogP contribution in [-0.2, 0) is 16.0 Å². The Morgan fingerprint density at radius 3 is 2.81 bits per heavy atom. The van der Waals surface area contributed by atoms with Crippen molar-refractivity contribution < 1.29 is 14.3 Å². The average Bonchev–Trinajstić information content (AvgIpc) is 2.68. The van der Waals surface area contributed by atoms with E-state index in [1.807, 2.05) is 25.1 Å². The molecule has 6 nitrogen and oxygen atoms in total. The van der Waals surface area contributed by atoms with E-state index in [4.69, 9.17) is 14.5 Å². The van der Waals surface area contributed by atoms with E-state index >= 15 is 0 Å². The fourth-order valence-electron chi connectivity index (χ4n) is 3.24. The van der Waals surface area contributed by atoms with Gasteiger partial charge in [-0.15, -0.1) is 24.0 Å².